The van der Waals surface area contributed by atoms with Crippen molar-refractivity contribution in [3.05, 3.63) is 70.8 Å². The molecule has 2 aromatic carbocycles. The van der Waals surface area contributed by atoms with Gasteiger partial charge in [0.2, 0.25) is 0 Å². The minimum absolute atomic E-state index is 0.107. The van der Waals surface area contributed by atoms with E-state index in [1.54, 1.807) is 36.4 Å². The van der Waals surface area contributed by atoms with Gasteiger partial charge in [0.15, 0.2) is 12.4 Å². The molecule has 0 saturated heterocycles. The summed E-state index contributed by atoms with van der Waals surface area (Å²) in [6, 6.07) is 13.8. The predicted molar refractivity (Wildman–Crippen MR) is 115 cm³/mol. The van der Waals surface area contributed by atoms with Crippen LogP contribution < -0.4 is 5.32 Å². The highest BCUT2D eigenvalue weighted by atomic mass is 16.5. The molecule has 0 aromatic heterocycles. The van der Waals surface area contributed by atoms with Crippen molar-refractivity contribution in [2.75, 3.05) is 6.61 Å². The molecule has 0 heterocycles. The van der Waals surface area contributed by atoms with E-state index in [-0.39, 0.29) is 35.5 Å². The molecule has 0 bridgehead atoms. The zero-order valence-corrected chi connectivity index (χ0v) is 17.8. The van der Waals surface area contributed by atoms with Gasteiger partial charge in [-0.1, -0.05) is 74.7 Å². The van der Waals surface area contributed by atoms with Crippen LogP contribution in [0.2, 0.25) is 0 Å². The summed E-state index contributed by atoms with van der Waals surface area (Å²) < 4.78 is 5.24. The number of aryl methyl sites for hydroxylation is 1. The minimum atomic E-state index is -0.675. The Morgan fingerprint density at radius 2 is 1.63 bits per heavy atom. The van der Waals surface area contributed by atoms with Gasteiger partial charge in [-0.15, -0.1) is 0 Å². The smallest absolute Gasteiger partial charge is 0.339 e. The Morgan fingerprint density at radius 1 is 0.967 bits per heavy atom. The van der Waals surface area contributed by atoms with Crippen LogP contribution in [0.3, 0.4) is 0 Å². The molecule has 1 saturated carbocycles. The number of amides is 1. The molecule has 1 amide bonds. The average molecular weight is 408 g/mol. The Morgan fingerprint density at radius 3 is 2.33 bits per heavy atom. The van der Waals surface area contributed by atoms with Crippen LogP contribution in [0.1, 0.15) is 65.0 Å². The SMILES string of the molecule is Cc1ccc(C(=O)c2ccccc2C(=O)OCC(=O)NC2CCCC(C)C2C)cc1. The maximum absolute atomic E-state index is 12.9. The fourth-order valence-electron chi connectivity index (χ4n) is 3.96. The summed E-state index contributed by atoms with van der Waals surface area (Å²) in [5, 5.41) is 2.99. The molecule has 5 nitrogen and oxygen atoms in total. The van der Waals surface area contributed by atoms with E-state index in [0.717, 1.165) is 18.4 Å². The summed E-state index contributed by atoms with van der Waals surface area (Å²) in [6.45, 7) is 5.93. The van der Waals surface area contributed by atoms with Crippen LogP contribution in [-0.4, -0.2) is 30.3 Å². The highest BCUT2D eigenvalue weighted by Gasteiger charge is 2.28. The monoisotopic (exact) mass is 407 g/mol. The van der Waals surface area contributed by atoms with Gasteiger partial charge in [-0.25, -0.2) is 4.79 Å². The van der Waals surface area contributed by atoms with Crippen molar-refractivity contribution in [3.63, 3.8) is 0 Å². The van der Waals surface area contributed by atoms with Gasteiger partial charge >= 0.3 is 5.97 Å². The predicted octanol–water partition coefficient (Wildman–Crippen LogP) is 4.32. The zero-order valence-electron chi connectivity index (χ0n) is 17.8. The van der Waals surface area contributed by atoms with E-state index in [1.807, 2.05) is 19.1 Å². The average Bonchev–Trinajstić information content (AvgIpc) is 2.75. The van der Waals surface area contributed by atoms with Crippen molar-refractivity contribution in [1.29, 1.82) is 0 Å². The van der Waals surface area contributed by atoms with E-state index < -0.39 is 5.97 Å². The van der Waals surface area contributed by atoms with E-state index in [1.165, 1.54) is 6.42 Å². The van der Waals surface area contributed by atoms with Crippen LogP contribution in [0.5, 0.6) is 0 Å². The van der Waals surface area contributed by atoms with E-state index in [9.17, 15) is 14.4 Å². The van der Waals surface area contributed by atoms with Gasteiger partial charge in [0, 0.05) is 17.2 Å². The van der Waals surface area contributed by atoms with Gasteiger partial charge in [0.25, 0.3) is 5.91 Å². The summed E-state index contributed by atoms with van der Waals surface area (Å²) in [7, 11) is 0. The van der Waals surface area contributed by atoms with E-state index in [2.05, 4.69) is 19.2 Å². The molecule has 158 valence electrons. The molecular weight excluding hydrogens is 378 g/mol. The van der Waals surface area contributed by atoms with E-state index in [0.29, 0.717) is 17.4 Å². The summed E-state index contributed by atoms with van der Waals surface area (Å²) >= 11 is 0. The van der Waals surface area contributed by atoms with Crippen molar-refractivity contribution in [3.8, 4) is 0 Å². The van der Waals surface area contributed by atoms with Gasteiger partial charge in [-0.3, -0.25) is 9.59 Å². The number of ether oxygens (including phenoxy) is 1. The van der Waals surface area contributed by atoms with Gasteiger partial charge in [0.1, 0.15) is 0 Å². The fourth-order valence-corrected chi connectivity index (χ4v) is 3.96. The number of carbonyl (C=O) groups excluding carboxylic acids is 3. The first kappa shape index (κ1) is 21.8. The number of carbonyl (C=O) groups is 3. The highest BCUT2D eigenvalue weighted by Crippen LogP contribution is 2.29. The summed E-state index contributed by atoms with van der Waals surface area (Å²) in [5.41, 5.74) is 1.97. The summed E-state index contributed by atoms with van der Waals surface area (Å²) in [4.78, 5) is 37.8. The lowest BCUT2D eigenvalue weighted by Gasteiger charge is -2.34. The molecule has 0 spiro atoms. The quantitative estimate of drug-likeness (QED) is 0.572. The maximum Gasteiger partial charge on any atom is 0.339 e. The van der Waals surface area contributed by atoms with Crippen LogP contribution in [0.4, 0.5) is 0 Å². The van der Waals surface area contributed by atoms with Crippen molar-refractivity contribution < 1.29 is 19.1 Å². The third kappa shape index (κ3) is 5.15. The van der Waals surface area contributed by atoms with Gasteiger partial charge in [-0.2, -0.15) is 0 Å². The highest BCUT2D eigenvalue weighted by molar-refractivity contribution is 6.14. The lowest BCUT2D eigenvalue weighted by atomic mass is 9.78. The zero-order chi connectivity index (χ0) is 21.7. The lowest BCUT2D eigenvalue weighted by molar-refractivity contribution is -0.125. The Bertz CT molecular complexity index is 919. The van der Waals surface area contributed by atoms with Crippen LogP contribution in [0.25, 0.3) is 0 Å². The second-order valence-electron chi connectivity index (χ2n) is 8.26. The number of ketones is 1. The second kappa shape index (κ2) is 9.70. The molecule has 1 fully saturated rings. The number of esters is 1. The van der Waals surface area contributed by atoms with Crippen LogP contribution in [0, 0.1) is 18.8 Å². The number of rotatable bonds is 6. The molecule has 3 atom stereocenters. The molecule has 30 heavy (non-hydrogen) atoms. The fraction of sp³-hybridized carbons (Fsp3) is 0.400. The van der Waals surface area contributed by atoms with Crippen molar-refractivity contribution in [1.82, 2.24) is 5.32 Å². The third-order valence-corrected chi connectivity index (χ3v) is 6.09. The Balaban J connectivity index is 1.64. The lowest BCUT2D eigenvalue weighted by Crippen LogP contribution is -2.45. The largest absolute Gasteiger partial charge is 0.452 e. The molecule has 5 heteroatoms. The minimum Gasteiger partial charge on any atom is -0.452 e. The van der Waals surface area contributed by atoms with E-state index >= 15 is 0 Å². The molecule has 1 aliphatic rings. The van der Waals surface area contributed by atoms with Gasteiger partial charge in [-0.05, 0) is 31.2 Å². The first-order valence-electron chi connectivity index (χ1n) is 10.5. The van der Waals surface area contributed by atoms with Crippen molar-refractivity contribution >= 4 is 17.7 Å². The molecule has 0 aliphatic heterocycles. The molecule has 3 rings (SSSR count). The molecule has 2 aromatic rings. The molecule has 1 N–H and O–H groups in total. The molecule has 0 radical (unpaired) electrons. The first-order chi connectivity index (χ1) is 14.4. The maximum atomic E-state index is 12.9. The first-order valence-corrected chi connectivity index (χ1v) is 10.5. The Labute approximate surface area is 177 Å². The number of hydrogen-bond donors (Lipinski definition) is 1. The second-order valence-corrected chi connectivity index (χ2v) is 8.26. The number of hydrogen-bond acceptors (Lipinski definition) is 4. The molecular formula is C25H29NO4. The van der Waals surface area contributed by atoms with Crippen LogP contribution in [-0.2, 0) is 9.53 Å². The van der Waals surface area contributed by atoms with Crippen molar-refractivity contribution in [2.24, 2.45) is 11.8 Å². The van der Waals surface area contributed by atoms with E-state index in [4.69, 9.17) is 4.74 Å². The Kier molecular flexibility index (Phi) is 7.03. The standard InChI is InChI=1S/C25H29NO4/c1-16-11-13-19(14-12-16)24(28)20-8-4-5-9-21(20)25(29)30-15-23(27)26-22-10-6-7-17(2)18(22)3/h4-5,8-9,11-14,17-18,22H,6-7,10,15H2,1-3H3,(H,26,27). The normalized spacial score (nSPS) is 21.0. The topological polar surface area (TPSA) is 72.5 Å². The van der Waals surface area contributed by atoms with Gasteiger partial charge in [0.05, 0.1) is 5.56 Å². The molecule has 3 unspecified atom stereocenters. The summed E-state index contributed by atoms with van der Waals surface area (Å²) in [5.74, 6) is -0.280. The summed E-state index contributed by atoms with van der Waals surface area (Å²) in [6.07, 6.45) is 3.21. The Hall–Kier alpha value is -2.95. The van der Waals surface area contributed by atoms with Crippen LogP contribution >= 0.6 is 0 Å². The van der Waals surface area contributed by atoms with Crippen molar-refractivity contribution in [2.45, 2.75) is 46.1 Å². The van der Waals surface area contributed by atoms with Gasteiger partial charge < -0.3 is 10.1 Å². The third-order valence-electron chi connectivity index (χ3n) is 6.09. The molecule has 1 aliphatic carbocycles. The number of benzene rings is 2. The number of nitrogens with one attached hydrogen (secondary N) is 1. The van der Waals surface area contributed by atoms with Crippen LogP contribution in [0.15, 0.2) is 48.5 Å².